The highest BCUT2D eigenvalue weighted by Crippen LogP contribution is 2.25. The molecule has 3 heteroatoms. The number of nitrogens with one attached hydrogen (secondary N) is 1. The van der Waals surface area contributed by atoms with Gasteiger partial charge in [-0.15, -0.1) is 0 Å². The molecule has 23 heavy (non-hydrogen) atoms. The van der Waals surface area contributed by atoms with E-state index in [1.807, 2.05) is 12.1 Å². The SMILES string of the molecule is Clc1ccc([C@@H](CC[NH+]2CCOCC2)Cc2ccccc2)cc1. The van der Waals surface area contributed by atoms with Crippen molar-refractivity contribution in [1.82, 2.24) is 0 Å². The minimum atomic E-state index is 0.546. The number of halogens is 1. The van der Waals surface area contributed by atoms with Crippen LogP contribution in [0.2, 0.25) is 5.02 Å². The van der Waals surface area contributed by atoms with E-state index in [2.05, 4.69) is 42.5 Å². The van der Waals surface area contributed by atoms with Crippen LogP contribution in [-0.2, 0) is 11.2 Å². The first kappa shape index (κ1) is 16.5. The van der Waals surface area contributed by atoms with E-state index in [1.54, 1.807) is 4.90 Å². The highest BCUT2D eigenvalue weighted by molar-refractivity contribution is 6.30. The van der Waals surface area contributed by atoms with E-state index < -0.39 is 0 Å². The van der Waals surface area contributed by atoms with E-state index in [4.69, 9.17) is 16.3 Å². The van der Waals surface area contributed by atoms with Crippen LogP contribution in [-0.4, -0.2) is 32.8 Å². The Morgan fingerprint density at radius 2 is 1.65 bits per heavy atom. The van der Waals surface area contributed by atoms with Gasteiger partial charge in [0.25, 0.3) is 0 Å². The smallest absolute Gasteiger partial charge is 0.101 e. The summed E-state index contributed by atoms with van der Waals surface area (Å²) in [7, 11) is 0. The third-order valence-electron chi connectivity index (χ3n) is 4.71. The number of quaternary nitrogens is 1. The average molecular weight is 331 g/mol. The Morgan fingerprint density at radius 1 is 0.957 bits per heavy atom. The van der Waals surface area contributed by atoms with E-state index in [0.29, 0.717) is 5.92 Å². The molecule has 0 radical (unpaired) electrons. The molecule has 2 nitrogen and oxygen atoms in total. The summed E-state index contributed by atoms with van der Waals surface area (Å²) in [5.74, 6) is 0.546. The van der Waals surface area contributed by atoms with Gasteiger partial charge in [0.05, 0.1) is 19.8 Å². The van der Waals surface area contributed by atoms with Crippen molar-refractivity contribution in [3.63, 3.8) is 0 Å². The lowest BCUT2D eigenvalue weighted by molar-refractivity contribution is -0.908. The van der Waals surface area contributed by atoms with E-state index in [9.17, 15) is 0 Å². The maximum Gasteiger partial charge on any atom is 0.101 e. The Labute approximate surface area is 144 Å². The molecule has 1 saturated heterocycles. The van der Waals surface area contributed by atoms with Gasteiger partial charge in [0, 0.05) is 11.4 Å². The maximum atomic E-state index is 6.06. The van der Waals surface area contributed by atoms with Gasteiger partial charge in [0.2, 0.25) is 0 Å². The molecule has 1 heterocycles. The first-order valence-electron chi connectivity index (χ1n) is 8.52. The van der Waals surface area contributed by atoms with Gasteiger partial charge in [-0.2, -0.15) is 0 Å². The minimum Gasteiger partial charge on any atom is -0.370 e. The third-order valence-corrected chi connectivity index (χ3v) is 4.96. The van der Waals surface area contributed by atoms with Gasteiger partial charge in [-0.1, -0.05) is 54.1 Å². The summed E-state index contributed by atoms with van der Waals surface area (Å²) in [5, 5.41) is 0.811. The maximum absolute atomic E-state index is 6.06. The van der Waals surface area contributed by atoms with Crippen LogP contribution in [0.1, 0.15) is 23.5 Å². The molecule has 2 aromatic carbocycles. The quantitative estimate of drug-likeness (QED) is 0.859. The fraction of sp³-hybridized carbons (Fsp3) is 0.400. The Morgan fingerprint density at radius 3 is 2.35 bits per heavy atom. The van der Waals surface area contributed by atoms with Crippen LogP contribution in [0.4, 0.5) is 0 Å². The number of rotatable bonds is 6. The molecule has 0 amide bonds. The molecular formula is C20H25ClNO+. The van der Waals surface area contributed by atoms with Crippen LogP contribution >= 0.6 is 11.6 Å². The zero-order valence-electron chi connectivity index (χ0n) is 13.5. The second kappa shape index (κ2) is 8.49. The zero-order chi connectivity index (χ0) is 15.9. The van der Waals surface area contributed by atoms with Gasteiger partial charge < -0.3 is 9.64 Å². The van der Waals surface area contributed by atoms with E-state index in [0.717, 1.165) is 37.7 Å². The Kier molecular flexibility index (Phi) is 6.09. The van der Waals surface area contributed by atoms with Crippen molar-refractivity contribution >= 4 is 11.6 Å². The van der Waals surface area contributed by atoms with E-state index >= 15 is 0 Å². The molecule has 0 unspecified atom stereocenters. The Balaban J connectivity index is 1.68. The summed E-state index contributed by atoms with van der Waals surface area (Å²) < 4.78 is 5.46. The number of hydrogen-bond acceptors (Lipinski definition) is 1. The normalized spacial score (nSPS) is 17.1. The van der Waals surface area contributed by atoms with E-state index in [-0.39, 0.29) is 0 Å². The van der Waals surface area contributed by atoms with Gasteiger partial charge in [-0.25, -0.2) is 0 Å². The summed E-state index contributed by atoms with van der Waals surface area (Å²) >= 11 is 6.06. The molecule has 2 aromatic rings. The van der Waals surface area contributed by atoms with E-state index in [1.165, 1.54) is 24.1 Å². The molecule has 1 atom stereocenters. The molecule has 0 aromatic heterocycles. The summed E-state index contributed by atoms with van der Waals surface area (Å²) in [6.07, 6.45) is 2.29. The van der Waals surface area contributed by atoms with Crippen LogP contribution in [0.3, 0.4) is 0 Å². The molecule has 0 aliphatic carbocycles. The van der Waals surface area contributed by atoms with Crippen molar-refractivity contribution < 1.29 is 9.64 Å². The van der Waals surface area contributed by atoms with Crippen LogP contribution in [0, 0.1) is 0 Å². The Hall–Kier alpha value is -1.35. The number of hydrogen-bond donors (Lipinski definition) is 1. The van der Waals surface area contributed by atoms with Crippen molar-refractivity contribution in [2.75, 3.05) is 32.8 Å². The lowest BCUT2D eigenvalue weighted by Crippen LogP contribution is -3.14. The molecule has 1 aliphatic rings. The number of ether oxygens (including phenoxy) is 1. The predicted octanol–water partition coefficient (Wildman–Crippen LogP) is 2.97. The standard InChI is InChI=1S/C20H24ClNO/c21-20-8-6-18(7-9-20)19(16-17-4-2-1-3-5-17)10-11-22-12-14-23-15-13-22/h1-9,19H,10-16H2/p+1/t19-/m0/s1. The largest absolute Gasteiger partial charge is 0.370 e. The highest BCUT2D eigenvalue weighted by atomic mass is 35.5. The second-order valence-corrected chi connectivity index (χ2v) is 6.78. The first-order chi connectivity index (χ1) is 11.3. The van der Waals surface area contributed by atoms with Crippen LogP contribution in [0.15, 0.2) is 54.6 Å². The fourth-order valence-electron chi connectivity index (χ4n) is 3.31. The summed E-state index contributed by atoms with van der Waals surface area (Å²) in [6.45, 7) is 5.29. The molecule has 0 spiro atoms. The molecule has 3 rings (SSSR count). The zero-order valence-corrected chi connectivity index (χ0v) is 14.3. The van der Waals surface area contributed by atoms with Crippen molar-refractivity contribution in [1.29, 1.82) is 0 Å². The molecule has 122 valence electrons. The van der Waals surface area contributed by atoms with Gasteiger partial charge >= 0.3 is 0 Å². The van der Waals surface area contributed by atoms with Crippen molar-refractivity contribution in [2.45, 2.75) is 18.8 Å². The van der Waals surface area contributed by atoms with Crippen LogP contribution in [0.5, 0.6) is 0 Å². The highest BCUT2D eigenvalue weighted by Gasteiger charge is 2.18. The van der Waals surface area contributed by atoms with Gasteiger partial charge in [0.15, 0.2) is 0 Å². The fourth-order valence-corrected chi connectivity index (χ4v) is 3.43. The monoisotopic (exact) mass is 330 g/mol. The first-order valence-corrected chi connectivity index (χ1v) is 8.90. The topological polar surface area (TPSA) is 13.7 Å². The summed E-state index contributed by atoms with van der Waals surface area (Å²) in [4.78, 5) is 1.67. The molecule has 1 fully saturated rings. The van der Waals surface area contributed by atoms with Crippen LogP contribution in [0.25, 0.3) is 0 Å². The van der Waals surface area contributed by atoms with Crippen molar-refractivity contribution in [2.24, 2.45) is 0 Å². The van der Waals surface area contributed by atoms with Crippen molar-refractivity contribution in [3.8, 4) is 0 Å². The second-order valence-electron chi connectivity index (χ2n) is 6.34. The molecule has 0 saturated carbocycles. The molecule has 1 aliphatic heterocycles. The lowest BCUT2D eigenvalue weighted by atomic mass is 9.89. The average Bonchev–Trinajstić information content (AvgIpc) is 2.61. The van der Waals surface area contributed by atoms with Gasteiger partial charge in [0.1, 0.15) is 13.1 Å². The minimum absolute atomic E-state index is 0.546. The molecule has 0 bridgehead atoms. The van der Waals surface area contributed by atoms with Gasteiger partial charge in [-0.05, 0) is 35.6 Å². The summed E-state index contributed by atoms with van der Waals surface area (Å²) in [6, 6.07) is 19.2. The number of morpholine rings is 1. The number of benzene rings is 2. The van der Waals surface area contributed by atoms with Crippen LogP contribution < -0.4 is 4.90 Å². The predicted molar refractivity (Wildman–Crippen MR) is 95.3 cm³/mol. The Bertz CT molecular complexity index is 578. The van der Waals surface area contributed by atoms with Crippen molar-refractivity contribution in [3.05, 3.63) is 70.7 Å². The molecular weight excluding hydrogens is 306 g/mol. The third kappa shape index (κ3) is 5.07. The lowest BCUT2D eigenvalue weighted by Gasteiger charge is -2.26. The summed E-state index contributed by atoms with van der Waals surface area (Å²) in [5.41, 5.74) is 2.80. The van der Waals surface area contributed by atoms with Gasteiger partial charge in [-0.3, -0.25) is 0 Å². The molecule has 1 N–H and O–H groups in total.